The summed E-state index contributed by atoms with van der Waals surface area (Å²) in [6.07, 6.45) is 4.18. The molecule has 120 valence electrons. The molecule has 0 amide bonds. The second-order valence-corrected chi connectivity index (χ2v) is 7.10. The van der Waals surface area contributed by atoms with E-state index in [0.29, 0.717) is 10.9 Å². The van der Waals surface area contributed by atoms with E-state index in [1.165, 1.54) is 0 Å². The van der Waals surface area contributed by atoms with Gasteiger partial charge in [0.2, 0.25) is 10.1 Å². The third kappa shape index (κ3) is 3.34. The molecule has 1 aromatic carbocycles. The highest BCUT2D eigenvalue weighted by molar-refractivity contribution is 7.20. The lowest BCUT2D eigenvalue weighted by atomic mass is 10.0. The quantitative estimate of drug-likeness (QED) is 0.775. The molecule has 0 spiro atoms. The maximum absolute atomic E-state index is 6.04. The second-order valence-electron chi connectivity index (χ2n) is 5.71. The zero-order chi connectivity index (χ0) is 15.6. The molecule has 4 rings (SSSR count). The van der Waals surface area contributed by atoms with Crippen LogP contribution in [-0.4, -0.2) is 34.4 Å². The van der Waals surface area contributed by atoms with Crippen LogP contribution in [0.2, 0.25) is 5.02 Å². The van der Waals surface area contributed by atoms with E-state index >= 15 is 0 Å². The molecule has 3 heterocycles. The highest BCUT2D eigenvalue weighted by Gasteiger charge is 2.15. The van der Waals surface area contributed by atoms with Gasteiger partial charge in [0.15, 0.2) is 0 Å². The third-order valence-electron chi connectivity index (χ3n) is 4.05. The van der Waals surface area contributed by atoms with Crippen molar-refractivity contribution in [2.75, 3.05) is 25.1 Å². The molecule has 0 saturated carbocycles. The average Bonchev–Trinajstić information content (AvgIpc) is 3.12. The number of imidazole rings is 1. The Morgan fingerprint density at radius 2 is 2.22 bits per heavy atom. The summed E-state index contributed by atoms with van der Waals surface area (Å²) >= 11 is 7.61. The summed E-state index contributed by atoms with van der Waals surface area (Å²) in [5.41, 5.74) is 1.90. The van der Waals surface area contributed by atoms with Gasteiger partial charge in [-0.2, -0.15) is 0 Å². The first-order valence-corrected chi connectivity index (χ1v) is 8.91. The van der Waals surface area contributed by atoms with Crippen molar-refractivity contribution in [3.8, 4) is 11.3 Å². The van der Waals surface area contributed by atoms with E-state index in [4.69, 9.17) is 16.3 Å². The Morgan fingerprint density at radius 3 is 3.00 bits per heavy atom. The molecule has 0 aliphatic carbocycles. The van der Waals surface area contributed by atoms with Gasteiger partial charge in [0.05, 0.1) is 11.9 Å². The third-order valence-corrected chi connectivity index (χ3v) is 5.16. The molecule has 1 N–H and O–H groups in total. The van der Waals surface area contributed by atoms with Gasteiger partial charge in [-0.3, -0.25) is 0 Å². The van der Waals surface area contributed by atoms with Gasteiger partial charge in [-0.1, -0.05) is 35.1 Å². The van der Waals surface area contributed by atoms with Gasteiger partial charge in [-0.15, -0.1) is 5.10 Å². The minimum Gasteiger partial charge on any atom is -0.381 e. The van der Waals surface area contributed by atoms with Crippen molar-refractivity contribution in [3.05, 3.63) is 35.5 Å². The molecular weight excluding hydrogens is 332 g/mol. The number of nitrogens with zero attached hydrogens (tertiary/aromatic N) is 3. The van der Waals surface area contributed by atoms with E-state index in [2.05, 4.69) is 15.4 Å². The van der Waals surface area contributed by atoms with Crippen LogP contribution in [-0.2, 0) is 4.74 Å². The summed E-state index contributed by atoms with van der Waals surface area (Å²) < 4.78 is 7.21. The number of rotatable bonds is 4. The van der Waals surface area contributed by atoms with Gasteiger partial charge in [0.1, 0.15) is 0 Å². The minimum absolute atomic E-state index is 0.669. The summed E-state index contributed by atoms with van der Waals surface area (Å²) in [6.45, 7) is 2.69. The Bertz CT molecular complexity index is 778. The molecule has 1 aliphatic rings. The summed E-state index contributed by atoms with van der Waals surface area (Å²) in [7, 11) is 0. The number of benzene rings is 1. The molecule has 7 heteroatoms. The SMILES string of the molecule is Clc1cccc(-c2cn3nc(NCC4CCOCC4)sc3n2)c1. The summed E-state index contributed by atoms with van der Waals surface area (Å²) in [4.78, 5) is 5.52. The molecule has 1 saturated heterocycles. The fraction of sp³-hybridized carbons (Fsp3) is 0.375. The fourth-order valence-electron chi connectivity index (χ4n) is 2.74. The van der Waals surface area contributed by atoms with Crippen molar-refractivity contribution in [2.24, 2.45) is 5.92 Å². The van der Waals surface area contributed by atoms with Crippen LogP contribution in [0, 0.1) is 5.92 Å². The zero-order valence-corrected chi connectivity index (χ0v) is 14.1. The Morgan fingerprint density at radius 1 is 1.35 bits per heavy atom. The van der Waals surface area contributed by atoms with Gasteiger partial charge < -0.3 is 10.1 Å². The molecule has 5 nitrogen and oxygen atoms in total. The normalized spacial score (nSPS) is 16.0. The molecule has 1 fully saturated rings. The molecule has 0 radical (unpaired) electrons. The van der Waals surface area contributed by atoms with Crippen LogP contribution >= 0.6 is 22.9 Å². The number of halogens is 1. The summed E-state index contributed by atoms with van der Waals surface area (Å²) in [5.74, 6) is 0.669. The van der Waals surface area contributed by atoms with Gasteiger partial charge in [-0.05, 0) is 30.9 Å². The molecule has 0 atom stereocenters. The Labute approximate surface area is 143 Å². The standard InChI is InChI=1S/C16H17ClN4OS/c17-13-3-1-2-12(8-13)14-10-21-16(19-14)23-15(20-21)18-9-11-4-6-22-7-5-11/h1-3,8,10-11H,4-7,9H2,(H,18,20). The van der Waals surface area contributed by atoms with Crippen molar-refractivity contribution < 1.29 is 4.74 Å². The first kappa shape index (κ1) is 14.9. The van der Waals surface area contributed by atoms with Crippen LogP contribution in [0.25, 0.3) is 16.2 Å². The average molecular weight is 349 g/mol. The summed E-state index contributed by atoms with van der Waals surface area (Å²) in [5, 5.41) is 9.62. The number of anilines is 1. The molecule has 3 aromatic rings. The lowest BCUT2D eigenvalue weighted by Crippen LogP contribution is -2.22. The maximum atomic E-state index is 6.04. The lowest BCUT2D eigenvalue weighted by molar-refractivity contribution is 0.0699. The van der Waals surface area contributed by atoms with Crippen LogP contribution in [0.3, 0.4) is 0 Å². The van der Waals surface area contributed by atoms with Crippen LogP contribution in [0.4, 0.5) is 5.13 Å². The lowest BCUT2D eigenvalue weighted by Gasteiger charge is -2.21. The van der Waals surface area contributed by atoms with E-state index in [9.17, 15) is 0 Å². The van der Waals surface area contributed by atoms with Crippen molar-refractivity contribution in [2.45, 2.75) is 12.8 Å². The van der Waals surface area contributed by atoms with Crippen molar-refractivity contribution in [3.63, 3.8) is 0 Å². The second kappa shape index (κ2) is 6.47. The Kier molecular flexibility index (Phi) is 4.20. The summed E-state index contributed by atoms with van der Waals surface area (Å²) in [6, 6.07) is 7.71. The molecule has 23 heavy (non-hydrogen) atoms. The first-order valence-electron chi connectivity index (χ1n) is 7.72. The maximum Gasteiger partial charge on any atom is 0.214 e. The van der Waals surface area contributed by atoms with Crippen LogP contribution in [0.15, 0.2) is 30.5 Å². The number of ether oxygens (including phenoxy) is 1. The van der Waals surface area contributed by atoms with Crippen molar-refractivity contribution in [1.82, 2.24) is 14.6 Å². The number of fused-ring (bicyclic) bond motifs is 1. The topological polar surface area (TPSA) is 51.5 Å². The number of aromatic nitrogens is 3. The van der Waals surface area contributed by atoms with Crippen molar-refractivity contribution in [1.29, 1.82) is 0 Å². The van der Waals surface area contributed by atoms with Crippen molar-refractivity contribution >= 4 is 33.0 Å². The number of hydrogen-bond acceptors (Lipinski definition) is 5. The smallest absolute Gasteiger partial charge is 0.214 e. The Balaban J connectivity index is 1.48. The van der Waals surface area contributed by atoms with E-state index < -0.39 is 0 Å². The van der Waals surface area contributed by atoms with Gasteiger partial charge in [0.25, 0.3) is 0 Å². The molecule has 2 aromatic heterocycles. The number of nitrogens with one attached hydrogen (secondary N) is 1. The highest BCUT2D eigenvalue weighted by Crippen LogP contribution is 2.26. The predicted molar refractivity (Wildman–Crippen MR) is 93.3 cm³/mol. The fourth-order valence-corrected chi connectivity index (χ4v) is 3.72. The molecule has 0 bridgehead atoms. The van der Waals surface area contributed by atoms with E-state index in [-0.39, 0.29) is 0 Å². The first-order chi connectivity index (χ1) is 11.3. The number of hydrogen-bond donors (Lipinski definition) is 1. The van der Waals surface area contributed by atoms with Crippen LogP contribution in [0.5, 0.6) is 0 Å². The van der Waals surface area contributed by atoms with E-state index in [1.54, 1.807) is 11.3 Å². The van der Waals surface area contributed by atoms with Crippen LogP contribution in [0.1, 0.15) is 12.8 Å². The van der Waals surface area contributed by atoms with E-state index in [1.807, 2.05) is 35.0 Å². The van der Waals surface area contributed by atoms with Gasteiger partial charge in [-0.25, -0.2) is 9.50 Å². The molecule has 0 unspecified atom stereocenters. The zero-order valence-electron chi connectivity index (χ0n) is 12.5. The molecular formula is C16H17ClN4OS. The minimum atomic E-state index is 0.669. The highest BCUT2D eigenvalue weighted by atomic mass is 35.5. The Hall–Kier alpha value is -1.63. The predicted octanol–water partition coefficient (Wildman–Crippen LogP) is 3.95. The molecule has 1 aliphatic heterocycles. The largest absolute Gasteiger partial charge is 0.381 e. The van der Waals surface area contributed by atoms with E-state index in [0.717, 1.165) is 53.9 Å². The van der Waals surface area contributed by atoms with Gasteiger partial charge in [0, 0.05) is 30.3 Å². The van der Waals surface area contributed by atoms with Crippen LogP contribution < -0.4 is 5.32 Å². The van der Waals surface area contributed by atoms with Gasteiger partial charge >= 0.3 is 0 Å². The monoisotopic (exact) mass is 348 g/mol.